The van der Waals surface area contributed by atoms with Crippen LogP contribution < -0.4 is 10.1 Å². The van der Waals surface area contributed by atoms with E-state index in [1.165, 1.54) is 29.5 Å². The maximum absolute atomic E-state index is 12.3. The lowest BCUT2D eigenvalue weighted by Crippen LogP contribution is -2.31. The van der Waals surface area contributed by atoms with Crippen LogP contribution in [-0.2, 0) is 24.1 Å². The van der Waals surface area contributed by atoms with E-state index in [9.17, 15) is 4.79 Å². The molecule has 0 fully saturated rings. The minimum atomic E-state index is -0.0829. The van der Waals surface area contributed by atoms with Gasteiger partial charge < -0.3 is 10.1 Å². The number of benzene rings is 2. The third-order valence-electron chi connectivity index (χ3n) is 4.98. The van der Waals surface area contributed by atoms with Crippen molar-refractivity contribution in [2.75, 3.05) is 6.61 Å². The van der Waals surface area contributed by atoms with Gasteiger partial charge in [-0.3, -0.25) is 4.79 Å². The van der Waals surface area contributed by atoms with Crippen LogP contribution in [0.25, 0.3) is 0 Å². The Morgan fingerprint density at radius 3 is 2.64 bits per heavy atom. The quantitative estimate of drug-likeness (QED) is 0.849. The number of nitrogens with one attached hydrogen (secondary N) is 1. The molecular formula is C22H27NO2. The molecule has 25 heavy (non-hydrogen) atoms. The second-order valence-electron chi connectivity index (χ2n) is 6.77. The second-order valence-corrected chi connectivity index (χ2v) is 6.77. The Morgan fingerprint density at radius 2 is 1.88 bits per heavy atom. The first-order valence-electron chi connectivity index (χ1n) is 9.29. The molecule has 0 bridgehead atoms. The molecule has 0 heterocycles. The summed E-state index contributed by atoms with van der Waals surface area (Å²) in [4.78, 5) is 12.3. The number of carbonyl (C=O) groups is 1. The molecule has 1 amide bonds. The van der Waals surface area contributed by atoms with Gasteiger partial charge >= 0.3 is 0 Å². The van der Waals surface area contributed by atoms with Gasteiger partial charge in [-0.1, -0.05) is 43.3 Å². The standard InChI is InChI=1S/C22H27NO2/c1-3-17-11-13-18(14-12-17)16(2)23-22(24)15-25-21-10-6-8-19-7-4-5-9-20(19)21/h6,8,10-14,16H,3-5,7,9,15H2,1-2H3,(H,23,24)/t16-/m0/s1. The summed E-state index contributed by atoms with van der Waals surface area (Å²) in [5, 5.41) is 3.02. The highest BCUT2D eigenvalue weighted by Gasteiger charge is 2.15. The van der Waals surface area contributed by atoms with Crippen molar-refractivity contribution in [1.82, 2.24) is 5.32 Å². The molecule has 3 heteroatoms. The van der Waals surface area contributed by atoms with Crippen molar-refractivity contribution in [2.45, 2.75) is 52.0 Å². The minimum absolute atomic E-state index is 0.0216. The van der Waals surface area contributed by atoms with E-state index < -0.39 is 0 Å². The first kappa shape index (κ1) is 17.5. The van der Waals surface area contributed by atoms with Gasteiger partial charge in [0.15, 0.2) is 6.61 Å². The van der Waals surface area contributed by atoms with E-state index in [1.807, 2.05) is 19.1 Å². The molecule has 2 aromatic rings. The van der Waals surface area contributed by atoms with Crippen LogP contribution in [0.15, 0.2) is 42.5 Å². The van der Waals surface area contributed by atoms with Gasteiger partial charge in [-0.05, 0) is 67.3 Å². The van der Waals surface area contributed by atoms with Crippen molar-refractivity contribution in [3.8, 4) is 5.75 Å². The third-order valence-corrected chi connectivity index (χ3v) is 4.98. The number of ether oxygens (including phenoxy) is 1. The lowest BCUT2D eigenvalue weighted by atomic mass is 9.91. The number of amides is 1. The van der Waals surface area contributed by atoms with Crippen LogP contribution in [0, 0.1) is 0 Å². The van der Waals surface area contributed by atoms with Gasteiger partial charge in [0.2, 0.25) is 0 Å². The molecular weight excluding hydrogens is 310 g/mol. The smallest absolute Gasteiger partial charge is 0.258 e. The highest BCUT2D eigenvalue weighted by atomic mass is 16.5. The van der Waals surface area contributed by atoms with Gasteiger partial charge in [0.1, 0.15) is 5.75 Å². The molecule has 0 saturated heterocycles. The Morgan fingerprint density at radius 1 is 1.12 bits per heavy atom. The molecule has 0 unspecified atom stereocenters. The van der Waals surface area contributed by atoms with Crippen molar-refractivity contribution in [2.24, 2.45) is 0 Å². The number of hydrogen-bond donors (Lipinski definition) is 1. The molecule has 3 rings (SSSR count). The van der Waals surface area contributed by atoms with Gasteiger partial charge in [-0.15, -0.1) is 0 Å². The number of aryl methyl sites for hydroxylation is 2. The maximum Gasteiger partial charge on any atom is 0.258 e. The van der Waals surface area contributed by atoms with E-state index in [4.69, 9.17) is 4.74 Å². The fourth-order valence-electron chi connectivity index (χ4n) is 3.43. The van der Waals surface area contributed by atoms with Crippen molar-refractivity contribution in [3.05, 3.63) is 64.7 Å². The molecule has 0 aliphatic heterocycles. The Labute approximate surface area is 150 Å². The molecule has 1 N–H and O–H groups in total. The van der Waals surface area contributed by atoms with Crippen LogP contribution in [0.3, 0.4) is 0 Å². The fourth-order valence-corrected chi connectivity index (χ4v) is 3.43. The zero-order valence-corrected chi connectivity index (χ0v) is 15.2. The van der Waals surface area contributed by atoms with Crippen molar-refractivity contribution >= 4 is 5.91 Å². The van der Waals surface area contributed by atoms with Gasteiger partial charge in [-0.25, -0.2) is 0 Å². The molecule has 0 saturated carbocycles. The molecule has 3 nitrogen and oxygen atoms in total. The van der Waals surface area contributed by atoms with Crippen molar-refractivity contribution in [3.63, 3.8) is 0 Å². The molecule has 2 aromatic carbocycles. The average molecular weight is 337 g/mol. The highest BCUT2D eigenvalue weighted by molar-refractivity contribution is 5.78. The Bertz CT molecular complexity index is 721. The summed E-state index contributed by atoms with van der Waals surface area (Å²) in [6.45, 7) is 4.21. The van der Waals surface area contributed by atoms with Crippen LogP contribution in [0.5, 0.6) is 5.75 Å². The topological polar surface area (TPSA) is 38.3 Å². The van der Waals surface area contributed by atoms with Gasteiger partial charge in [-0.2, -0.15) is 0 Å². The SMILES string of the molecule is CCc1ccc([C@H](C)NC(=O)COc2cccc3c2CCCC3)cc1. The Kier molecular flexibility index (Phi) is 5.75. The monoisotopic (exact) mass is 337 g/mol. The molecule has 0 aromatic heterocycles. The molecule has 1 atom stereocenters. The van der Waals surface area contributed by atoms with E-state index in [2.05, 4.69) is 42.6 Å². The maximum atomic E-state index is 12.3. The third kappa shape index (κ3) is 4.41. The van der Waals surface area contributed by atoms with Crippen LogP contribution >= 0.6 is 0 Å². The van der Waals surface area contributed by atoms with Crippen LogP contribution in [0.4, 0.5) is 0 Å². The zero-order valence-electron chi connectivity index (χ0n) is 15.2. The fraction of sp³-hybridized carbons (Fsp3) is 0.409. The lowest BCUT2D eigenvalue weighted by molar-refractivity contribution is -0.123. The molecule has 1 aliphatic carbocycles. The summed E-state index contributed by atoms with van der Waals surface area (Å²) in [5.74, 6) is 0.785. The summed E-state index contributed by atoms with van der Waals surface area (Å²) in [5.41, 5.74) is 5.07. The van der Waals surface area contributed by atoms with Gasteiger partial charge in [0, 0.05) is 0 Å². The van der Waals surface area contributed by atoms with E-state index >= 15 is 0 Å². The first-order chi connectivity index (χ1) is 12.2. The van der Waals surface area contributed by atoms with E-state index in [1.54, 1.807) is 0 Å². The normalized spacial score (nSPS) is 14.5. The largest absolute Gasteiger partial charge is 0.483 e. The minimum Gasteiger partial charge on any atom is -0.483 e. The van der Waals surface area contributed by atoms with Crippen molar-refractivity contribution < 1.29 is 9.53 Å². The summed E-state index contributed by atoms with van der Waals surface area (Å²) >= 11 is 0. The van der Waals surface area contributed by atoms with Gasteiger partial charge in [0.05, 0.1) is 6.04 Å². The number of fused-ring (bicyclic) bond motifs is 1. The highest BCUT2D eigenvalue weighted by Crippen LogP contribution is 2.29. The molecule has 0 spiro atoms. The predicted molar refractivity (Wildman–Crippen MR) is 101 cm³/mol. The molecule has 1 aliphatic rings. The summed E-state index contributed by atoms with van der Waals surface area (Å²) in [6.07, 6.45) is 5.63. The number of carbonyl (C=O) groups excluding carboxylic acids is 1. The molecule has 132 valence electrons. The Balaban J connectivity index is 1.56. The van der Waals surface area contributed by atoms with Crippen LogP contribution in [0.2, 0.25) is 0 Å². The van der Waals surface area contributed by atoms with E-state index in [0.717, 1.165) is 30.6 Å². The first-order valence-corrected chi connectivity index (χ1v) is 9.29. The van der Waals surface area contributed by atoms with E-state index in [-0.39, 0.29) is 18.6 Å². The second kappa shape index (κ2) is 8.19. The number of rotatable bonds is 6. The summed E-state index contributed by atoms with van der Waals surface area (Å²) in [7, 11) is 0. The predicted octanol–water partition coefficient (Wildman–Crippen LogP) is 4.38. The zero-order chi connectivity index (χ0) is 17.6. The van der Waals surface area contributed by atoms with Gasteiger partial charge in [0.25, 0.3) is 5.91 Å². The molecule has 0 radical (unpaired) electrons. The van der Waals surface area contributed by atoms with E-state index in [0.29, 0.717) is 0 Å². The number of hydrogen-bond acceptors (Lipinski definition) is 2. The van der Waals surface area contributed by atoms with Crippen molar-refractivity contribution in [1.29, 1.82) is 0 Å². The summed E-state index contributed by atoms with van der Waals surface area (Å²) < 4.78 is 5.83. The average Bonchev–Trinajstić information content (AvgIpc) is 2.66. The summed E-state index contributed by atoms with van der Waals surface area (Å²) in [6, 6.07) is 14.5. The lowest BCUT2D eigenvalue weighted by Gasteiger charge is -2.20. The van der Waals surface area contributed by atoms with Crippen LogP contribution in [-0.4, -0.2) is 12.5 Å². The van der Waals surface area contributed by atoms with Crippen LogP contribution in [0.1, 0.15) is 55.0 Å². The Hall–Kier alpha value is -2.29.